The van der Waals surface area contributed by atoms with Gasteiger partial charge in [-0.25, -0.2) is 0 Å². The summed E-state index contributed by atoms with van der Waals surface area (Å²) >= 11 is 0. The number of hydrogen-bond donors (Lipinski definition) is 1. The number of benzene rings is 1. The second-order valence-corrected chi connectivity index (χ2v) is 12.8. The van der Waals surface area contributed by atoms with Crippen molar-refractivity contribution in [1.29, 1.82) is 0 Å². The van der Waals surface area contributed by atoms with E-state index in [1.165, 1.54) is 62.5 Å². The molecule has 4 saturated carbocycles. The lowest BCUT2D eigenvalue weighted by atomic mass is 9.47. The summed E-state index contributed by atoms with van der Waals surface area (Å²) in [6, 6.07) is 10.3. The minimum atomic E-state index is 0.461. The van der Waals surface area contributed by atoms with Crippen LogP contribution in [-0.2, 0) is 22.7 Å². The van der Waals surface area contributed by atoms with Crippen LogP contribution in [0.1, 0.15) is 110 Å². The van der Waals surface area contributed by atoms with Crippen LogP contribution in [0.15, 0.2) is 24.3 Å². The van der Waals surface area contributed by atoms with Gasteiger partial charge in [-0.2, -0.15) is 5.06 Å². The molecule has 1 heterocycles. The van der Waals surface area contributed by atoms with Gasteiger partial charge in [0.25, 0.3) is 0 Å². The van der Waals surface area contributed by atoms with Crippen LogP contribution in [0.5, 0.6) is 0 Å². The highest BCUT2D eigenvalue weighted by molar-refractivity contribution is 5.46. The molecule has 1 saturated heterocycles. The molecule has 2 bridgehead atoms. The zero-order valence-corrected chi connectivity index (χ0v) is 28.0. The zero-order chi connectivity index (χ0) is 30.3. The molecular formula is C35H64N4O2. The van der Waals surface area contributed by atoms with Crippen molar-refractivity contribution in [2.75, 3.05) is 40.3 Å². The topological polar surface area (TPSA) is 48.1 Å². The molecule has 1 aliphatic heterocycles. The smallest absolute Gasteiger partial charge is 0.207 e. The molecule has 1 aromatic rings. The number of carbonyl (C=O) groups is 1. The Bertz CT molecular complexity index is 837. The molecule has 0 radical (unpaired) electrons. The summed E-state index contributed by atoms with van der Waals surface area (Å²) in [5.74, 6) is 1.75. The van der Waals surface area contributed by atoms with Gasteiger partial charge < -0.3 is 10.2 Å². The Balaban J connectivity index is 0.000000306. The van der Waals surface area contributed by atoms with Crippen LogP contribution >= 0.6 is 0 Å². The van der Waals surface area contributed by atoms with Crippen molar-refractivity contribution in [3.05, 3.63) is 35.4 Å². The summed E-state index contributed by atoms with van der Waals surface area (Å²) in [5.41, 5.74) is 3.35. The van der Waals surface area contributed by atoms with E-state index in [0.29, 0.717) is 11.5 Å². The van der Waals surface area contributed by atoms with Crippen molar-refractivity contribution in [3.63, 3.8) is 0 Å². The molecule has 0 aromatic heterocycles. The molecule has 6 rings (SSSR count). The van der Waals surface area contributed by atoms with E-state index in [0.717, 1.165) is 70.0 Å². The van der Waals surface area contributed by atoms with Crippen LogP contribution in [0, 0.1) is 17.3 Å². The summed E-state index contributed by atoms with van der Waals surface area (Å²) in [6.07, 6.45) is 12.7. The van der Waals surface area contributed by atoms with Crippen molar-refractivity contribution in [2.24, 2.45) is 17.3 Å². The Morgan fingerprint density at radius 2 is 1.73 bits per heavy atom. The van der Waals surface area contributed by atoms with Gasteiger partial charge in [0.2, 0.25) is 6.41 Å². The summed E-state index contributed by atoms with van der Waals surface area (Å²) in [7, 11) is 4.35. The maximum absolute atomic E-state index is 10.3. The SMILES string of the molecule is CC.CC.CC1[C@@H]2C[C@@H](NC=O)C[C@@]1(C)C2.CN(C)CCN(Cc1cccc(CN2CCCO2)c1)C1CCCCC1. The number of amides is 1. The number of hydrogen-bond acceptors (Lipinski definition) is 5. The van der Waals surface area contributed by atoms with Crippen LogP contribution in [0.25, 0.3) is 0 Å². The predicted octanol–water partition coefficient (Wildman–Crippen LogP) is 7.13. The molecule has 0 spiro atoms. The van der Waals surface area contributed by atoms with Gasteiger partial charge in [-0.05, 0) is 81.0 Å². The van der Waals surface area contributed by atoms with E-state index in [1.54, 1.807) is 0 Å². The normalized spacial score (nSPS) is 27.4. The fraction of sp³-hybridized carbons (Fsp3) is 0.800. The molecule has 41 heavy (non-hydrogen) atoms. The van der Waals surface area contributed by atoms with Crippen LogP contribution < -0.4 is 5.32 Å². The van der Waals surface area contributed by atoms with Crippen molar-refractivity contribution in [3.8, 4) is 0 Å². The quantitative estimate of drug-likeness (QED) is 0.302. The van der Waals surface area contributed by atoms with Crippen molar-refractivity contribution < 1.29 is 9.63 Å². The number of carbonyl (C=O) groups excluding carboxylic acids is 1. The Kier molecular flexibility index (Phi) is 16.5. The summed E-state index contributed by atoms with van der Waals surface area (Å²) in [5, 5.41) is 5.01. The lowest BCUT2D eigenvalue weighted by Crippen LogP contribution is -2.55. The molecule has 1 N–H and O–H groups in total. The van der Waals surface area contributed by atoms with Crippen molar-refractivity contribution >= 4 is 6.41 Å². The molecule has 5 aliphatic rings. The highest BCUT2D eigenvalue weighted by Gasteiger charge is 2.52. The van der Waals surface area contributed by atoms with E-state index < -0.39 is 0 Å². The van der Waals surface area contributed by atoms with Gasteiger partial charge >= 0.3 is 0 Å². The van der Waals surface area contributed by atoms with Gasteiger partial charge in [0.1, 0.15) is 0 Å². The molecule has 4 atom stereocenters. The Morgan fingerprint density at radius 1 is 1.02 bits per heavy atom. The van der Waals surface area contributed by atoms with E-state index in [-0.39, 0.29) is 0 Å². The second-order valence-electron chi connectivity index (χ2n) is 12.8. The maximum Gasteiger partial charge on any atom is 0.207 e. The highest BCUT2D eigenvalue weighted by atomic mass is 16.7. The van der Waals surface area contributed by atoms with E-state index in [4.69, 9.17) is 4.84 Å². The molecule has 4 aliphatic carbocycles. The lowest BCUT2D eigenvalue weighted by molar-refractivity contribution is -0.117. The van der Waals surface area contributed by atoms with Crippen LogP contribution in [0.3, 0.4) is 0 Å². The Labute approximate surface area is 253 Å². The Hall–Kier alpha value is -1.47. The van der Waals surface area contributed by atoms with Gasteiger partial charge in [-0.15, -0.1) is 0 Å². The van der Waals surface area contributed by atoms with Gasteiger partial charge in [0.15, 0.2) is 0 Å². The molecule has 236 valence electrons. The molecule has 5 fully saturated rings. The van der Waals surface area contributed by atoms with E-state index >= 15 is 0 Å². The molecular weight excluding hydrogens is 508 g/mol. The third-order valence-corrected chi connectivity index (χ3v) is 9.63. The molecule has 1 amide bonds. The first-order valence-electron chi connectivity index (χ1n) is 16.9. The van der Waals surface area contributed by atoms with E-state index in [1.807, 2.05) is 27.7 Å². The summed E-state index contributed by atoms with van der Waals surface area (Å²) in [4.78, 5) is 21.0. The number of nitrogens with one attached hydrogen (secondary N) is 1. The molecule has 6 heteroatoms. The summed E-state index contributed by atoms with van der Waals surface area (Å²) < 4.78 is 0. The fourth-order valence-corrected chi connectivity index (χ4v) is 7.22. The van der Waals surface area contributed by atoms with Crippen molar-refractivity contribution in [1.82, 2.24) is 20.2 Å². The van der Waals surface area contributed by atoms with Crippen LogP contribution in [-0.4, -0.2) is 73.7 Å². The highest BCUT2D eigenvalue weighted by Crippen LogP contribution is 2.59. The number of fused-ring (bicyclic) bond motifs is 2. The minimum absolute atomic E-state index is 0.461. The van der Waals surface area contributed by atoms with Gasteiger partial charge in [-0.3, -0.25) is 14.5 Å². The second kappa shape index (κ2) is 18.9. The number of hydroxylamine groups is 2. The number of nitrogens with zero attached hydrogens (tertiary/aromatic N) is 3. The first-order chi connectivity index (χ1) is 19.9. The average molecular weight is 573 g/mol. The summed E-state index contributed by atoms with van der Waals surface area (Å²) in [6.45, 7) is 18.9. The largest absolute Gasteiger partial charge is 0.356 e. The molecule has 1 aromatic carbocycles. The monoisotopic (exact) mass is 573 g/mol. The van der Waals surface area contributed by atoms with Gasteiger partial charge in [-0.1, -0.05) is 85.1 Å². The lowest BCUT2D eigenvalue weighted by Gasteiger charge is -2.59. The molecule has 1 unspecified atom stereocenters. The van der Waals surface area contributed by atoms with Crippen LogP contribution in [0.2, 0.25) is 0 Å². The Morgan fingerprint density at radius 3 is 2.32 bits per heavy atom. The molecule has 6 nitrogen and oxygen atoms in total. The zero-order valence-electron chi connectivity index (χ0n) is 28.0. The van der Waals surface area contributed by atoms with Crippen LogP contribution in [0.4, 0.5) is 0 Å². The van der Waals surface area contributed by atoms with E-state index in [9.17, 15) is 4.79 Å². The van der Waals surface area contributed by atoms with E-state index in [2.05, 4.69) is 72.4 Å². The fourth-order valence-electron chi connectivity index (χ4n) is 7.22. The average Bonchev–Trinajstić information content (AvgIpc) is 3.51. The first-order valence-corrected chi connectivity index (χ1v) is 16.9. The number of rotatable bonds is 10. The third-order valence-electron chi connectivity index (χ3n) is 9.63. The standard InChI is InChI=1S/C21H35N3O.C10H17NO.2C2H6/c1-22(2)13-14-23(21-10-4-3-5-11-21)17-19-8-6-9-20(16-19)18-24-12-7-15-25-24;1-7-8-3-9(11-6-12)5-10(7,2)4-8;2*1-2/h6,8-9,16,21H,3-5,7,10-15,17-18H2,1-2H3;6-9H,3-5H2,1-2H3,(H,11,12);2*1-2H3/t;7?,8-,9-,10-;;/m.1../s1. The first kappa shape index (κ1) is 35.7. The maximum atomic E-state index is 10.3. The van der Waals surface area contributed by atoms with Crippen molar-refractivity contribution in [2.45, 2.75) is 125 Å². The minimum Gasteiger partial charge on any atom is -0.356 e. The predicted molar refractivity (Wildman–Crippen MR) is 174 cm³/mol. The van der Waals surface area contributed by atoms with Gasteiger partial charge in [0, 0.05) is 44.8 Å². The number of likely N-dealkylation sites (N-methyl/N-ethyl adjacent to an activating group) is 1. The van der Waals surface area contributed by atoms with Gasteiger partial charge in [0.05, 0.1) is 6.61 Å². The third kappa shape index (κ3) is 11.3.